The molecule has 6 nitrogen and oxygen atoms in total. The highest BCUT2D eigenvalue weighted by molar-refractivity contribution is 7.99. The van der Waals surface area contributed by atoms with Gasteiger partial charge in [0.15, 0.2) is 5.16 Å². The molecule has 3 aromatic rings. The van der Waals surface area contributed by atoms with E-state index >= 15 is 0 Å². The lowest BCUT2D eigenvalue weighted by atomic mass is 10.1. The summed E-state index contributed by atoms with van der Waals surface area (Å²) in [6.45, 7) is 2.55. The standard InChI is InChI=1S/C20H22N4O2S/c1-3-26-17-11-9-16(10-12-17)21-19(25)14-27-20-23-22-18(24(20)2)13-15-7-5-4-6-8-15/h4-12H,3,13-14H2,1-2H3,(H,21,25). The number of aromatic nitrogens is 3. The van der Waals surface area contributed by atoms with Gasteiger partial charge in [-0.05, 0) is 36.8 Å². The number of nitrogens with one attached hydrogen (secondary N) is 1. The van der Waals surface area contributed by atoms with Gasteiger partial charge >= 0.3 is 0 Å². The Morgan fingerprint density at radius 1 is 1.11 bits per heavy atom. The van der Waals surface area contributed by atoms with Crippen LogP contribution < -0.4 is 10.1 Å². The predicted octanol–water partition coefficient (Wildman–Crippen LogP) is 3.54. The molecule has 27 heavy (non-hydrogen) atoms. The van der Waals surface area contributed by atoms with Gasteiger partial charge in [0.05, 0.1) is 12.4 Å². The summed E-state index contributed by atoms with van der Waals surface area (Å²) in [5.41, 5.74) is 1.92. The zero-order valence-electron chi connectivity index (χ0n) is 15.4. The second kappa shape index (κ2) is 9.23. The zero-order valence-corrected chi connectivity index (χ0v) is 16.2. The number of anilines is 1. The van der Waals surface area contributed by atoms with Gasteiger partial charge in [-0.15, -0.1) is 10.2 Å². The number of nitrogens with zero attached hydrogens (tertiary/aromatic N) is 3. The van der Waals surface area contributed by atoms with Gasteiger partial charge in [-0.1, -0.05) is 42.1 Å². The lowest BCUT2D eigenvalue weighted by molar-refractivity contribution is -0.113. The van der Waals surface area contributed by atoms with Crippen molar-refractivity contribution in [3.05, 3.63) is 66.0 Å². The molecule has 0 saturated heterocycles. The molecule has 0 atom stereocenters. The van der Waals surface area contributed by atoms with Crippen molar-refractivity contribution >= 4 is 23.4 Å². The van der Waals surface area contributed by atoms with Crippen LogP contribution in [0.2, 0.25) is 0 Å². The number of ether oxygens (including phenoxy) is 1. The van der Waals surface area contributed by atoms with Crippen LogP contribution in [-0.2, 0) is 18.3 Å². The predicted molar refractivity (Wildman–Crippen MR) is 107 cm³/mol. The molecule has 0 aliphatic heterocycles. The Labute approximate surface area is 163 Å². The molecule has 0 fully saturated rings. The molecule has 140 valence electrons. The Bertz CT molecular complexity index is 879. The van der Waals surface area contributed by atoms with Gasteiger partial charge in [0.1, 0.15) is 11.6 Å². The van der Waals surface area contributed by atoms with E-state index in [-0.39, 0.29) is 11.7 Å². The topological polar surface area (TPSA) is 69.0 Å². The number of carbonyl (C=O) groups is 1. The normalized spacial score (nSPS) is 10.6. The Morgan fingerprint density at radius 2 is 1.85 bits per heavy atom. The van der Waals surface area contributed by atoms with Gasteiger partial charge in [0.25, 0.3) is 0 Å². The molecule has 7 heteroatoms. The number of amides is 1. The van der Waals surface area contributed by atoms with Crippen molar-refractivity contribution in [2.75, 3.05) is 17.7 Å². The highest BCUT2D eigenvalue weighted by Gasteiger charge is 2.12. The molecule has 0 aliphatic carbocycles. The Morgan fingerprint density at radius 3 is 2.56 bits per heavy atom. The number of carbonyl (C=O) groups excluding carboxylic acids is 1. The van der Waals surface area contributed by atoms with Crippen molar-refractivity contribution in [1.29, 1.82) is 0 Å². The van der Waals surface area contributed by atoms with Gasteiger partial charge in [-0.2, -0.15) is 0 Å². The number of thioether (sulfide) groups is 1. The molecule has 0 radical (unpaired) electrons. The lowest BCUT2D eigenvalue weighted by Gasteiger charge is -2.07. The first-order chi connectivity index (χ1) is 13.2. The number of rotatable bonds is 8. The SMILES string of the molecule is CCOc1ccc(NC(=O)CSc2nnc(Cc3ccccc3)n2C)cc1. The van der Waals surface area contributed by atoms with E-state index in [2.05, 4.69) is 27.6 Å². The fraction of sp³-hybridized carbons (Fsp3) is 0.250. The molecule has 0 spiro atoms. The minimum absolute atomic E-state index is 0.0863. The van der Waals surface area contributed by atoms with Gasteiger partial charge < -0.3 is 14.6 Å². The van der Waals surface area contributed by atoms with E-state index in [0.717, 1.165) is 22.4 Å². The molecule has 0 saturated carbocycles. The molecule has 1 heterocycles. The highest BCUT2D eigenvalue weighted by atomic mass is 32.2. The smallest absolute Gasteiger partial charge is 0.234 e. The maximum Gasteiger partial charge on any atom is 0.234 e. The fourth-order valence-electron chi connectivity index (χ4n) is 2.53. The van der Waals surface area contributed by atoms with Gasteiger partial charge in [-0.25, -0.2) is 0 Å². The molecule has 1 aromatic heterocycles. The van der Waals surface area contributed by atoms with Crippen LogP contribution in [0.15, 0.2) is 59.8 Å². The maximum atomic E-state index is 12.2. The van der Waals surface area contributed by atoms with E-state index in [9.17, 15) is 4.79 Å². The maximum absolute atomic E-state index is 12.2. The van der Waals surface area contributed by atoms with Crippen molar-refractivity contribution in [3.8, 4) is 5.75 Å². The fourth-order valence-corrected chi connectivity index (χ4v) is 3.26. The summed E-state index contributed by atoms with van der Waals surface area (Å²) in [4.78, 5) is 12.2. The second-order valence-corrected chi connectivity index (χ2v) is 6.86. The molecule has 1 N–H and O–H groups in total. The summed E-state index contributed by atoms with van der Waals surface area (Å²) in [7, 11) is 1.92. The van der Waals surface area contributed by atoms with E-state index in [1.807, 2.05) is 61.0 Å². The molecule has 1 amide bonds. The van der Waals surface area contributed by atoms with Crippen molar-refractivity contribution < 1.29 is 9.53 Å². The summed E-state index contributed by atoms with van der Waals surface area (Å²) in [5, 5.41) is 12.0. The van der Waals surface area contributed by atoms with Crippen LogP contribution in [0.1, 0.15) is 18.3 Å². The summed E-state index contributed by atoms with van der Waals surface area (Å²) >= 11 is 1.37. The Balaban J connectivity index is 1.53. The van der Waals surface area contributed by atoms with Crippen LogP contribution in [0.25, 0.3) is 0 Å². The quantitative estimate of drug-likeness (QED) is 0.604. The second-order valence-electron chi connectivity index (χ2n) is 5.91. The number of hydrogen-bond acceptors (Lipinski definition) is 5. The monoisotopic (exact) mass is 382 g/mol. The molecular formula is C20H22N4O2S. The summed E-state index contributed by atoms with van der Waals surface area (Å²) < 4.78 is 7.33. The largest absolute Gasteiger partial charge is 0.494 e. The summed E-state index contributed by atoms with van der Waals surface area (Å²) in [5.74, 6) is 1.84. The van der Waals surface area contributed by atoms with Crippen LogP contribution >= 0.6 is 11.8 Å². The number of hydrogen-bond donors (Lipinski definition) is 1. The molecule has 0 aliphatic rings. The number of benzene rings is 2. The third-order valence-electron chi connectivity index (χ3n) is 3.91. The minimum Gasteiger partial charge on any atom is -0.494 e. The molecule has 0 unspecified atom stereocenters. The molecule has 3 rings (SSSR count). The van der Waals surface area contributed by atoms with Crippen molar-refractivity contribution in [1.82, 2.24) is 14.8 Å². The third kappa shape index (κ3) is 5.34. The zero-order chi connectivity index (χ0) is 19.1. The Hall–Kier alpha value is -2.80. The Kier molecular flexibility index (Phi) is 6.49. The average Bonchev–Trinajstić information content (AvgIpc) is 3.02. The molecular weight excluding hydrogens is 360 g/mol. The first kappa shape index (κ1) is 19.0. The third-order valence-corrected chi connectivity index (χ3v) is 4.93. The van der Waals surface area contributed by atoms with Crippen LogP contribution in [-0.4, -0.2) is 33.0 Å². The van der Waals surface area contributed by atoms with E-state index in [1.165, 1.54) is 17.3 Å². The summed E-state index contributed by atoms with van der Waals surface area (Å²) in [6, 6.07) is 17.5. The molecule has 2 aromatic carbocycles. The van der Waals surface area contributed by atoms with Crippen LogP contribution in [0, 0.1) is 0 Å². The first-order valence-electron chi connectivity index (χ1n) is 8.73. The minimum atomic E-state index is -0.0863. The van der Waals surface area contributed by atoms with Crippen LogP contribution in [0.4, 0.5) is 5.69 Å². The average molecular weight is 382 g/mol. The van der Waals surface area contributed by atoms with Gasteiger partial charge in [0, 0.05) is 19.2 Å². The van der Waals surface area contributed by atoms with E-state index in [0.29, 0.717) is 13.0 Å². The van der Waals surface area contributed by atoms with E-state index < -0.39 is 0 Å². The van der Waals surface area contributed by atoms with Gasteiger partial charge in [0.2, 0.25) is 5.91 Å². The first-order valence-corrected chi connectivity index (χ1v) is 9.72. The van der Waals surface area contributed by atoms with Crippen molar-refractivity contribution in [3.63, 3.8) is 0 Å². The highest BCUT2D eigenvalue weighted by Crippen LogP contribution is 2.19. The lowest BCUT2D eigenvalue weighted by Crippen LogP contribution is -2.14. The van der Waals surface area contributed by atoms with Crippen LogP contribution in [0.5, 0.6) is 5.75 Å². The van der Waals surface area contributed by atoms with Crippen molar-refractivity contribution in [2.24, 2.45) is 7.05 Å². The van der Waals surface area contributed by atoms with Crippen molar-refractivity contribution in [2.45, 2.75) is 18.5 Å². The van der Waals surface area contributed by atoms with Crippen LogP contribution in [0.3, 0.4) is 0 Å². The van der Waals surface area contributed by atoms with E-state index in [4.69, 9.17) is 4.74 Å². The molecule has 0 bridgehead atoms. The van der Waals surface area contributed by atoms with Gasteiger partial charge in [-0.3, -0.25) is 4.79 Å². The van der Waals surface area contributed by atoms with E-state index in [1.54, 1.807) is 0 Å². The summed E-state index contributed by atoms with van der Waals surface area (Å²) in [6.07, 6.45) is 0.712.